The Morgan fingerprint density at radius 1 is 0.833 bits per heavy atom. The van der Waals surface area contributed by atoms with Crippen LogP contribution in [0.25, 0.3) is 11.1 Å². The third-order valence-corrected chi connectivity index (χ3v) is 3.70. The van der Waals surface area contributed by atoms with Crippen LogP contribution in [0.15, 0.2) is 36.4 Å². The van der Waals surface area contributed by atoms with Crippen molar-refractivity contribution < 1.29 is 0 Å². The van der Waals surface area contributed by atoms with Gasteiger partial charge in [-0.2, -0.15) is 3.94 Å². The summed E-state index contributed by atoms with van der Waals surface area (Å²) in [5.41, 5.74) is 8.46. The molecule has 0 aromatic heterocycles. The molecular formula is C12H8Cl4N2. The fraction of sp³-hybridized carbons (Fsp3) is 0. The minimum Gasteiger partial charge on any atom is -0.399 e. The Hall–Kier alpha value is -0.800. The largest absolute Gasteiger partial charge is 0.399 e. The molecule has 0 aliphatic heterocycles. The molecule has 0 saturated heterocycles. The third kappa shape index (κ3) is 2.62. The molecule has 2 rings (SSSR count). The van der Waals surface area contributed by atoms with Gasteiger partial charge in [0.05, 0.1) is 15.7 Å². The molecule has 0 aliphatic carbocycles. The molecule has 6 heteroatoms. The standard InChI is InChI=1S/C12H8Cl4N2/c13-11-9(7-1-3-8(17)4-2-7)5-6-10(12(11)14)18(15)16/h1-6H,17H2. The molecule has 2 aromatic carbocycles. The summed E-state index contributed by atoms with van der Waals surface area (Å²) in [5.74, 6) is 0. The van der Waals surface area contributed by atoms with Crippen molar-refractivity contribution >= 4 is 58.1 Å². The van der Waals surface area contributed by atoms with Gasteiger partial charge in [-0.15, -0.1) is 0 Å². The van der Waals surface area contributed by atoms with Crippen LogP contribution >= 0.6 is 46.8 Å². The molecule has 2 nitrogen and oxygen atoms in total. The second kappa shape index (κ2) is 5.45. The van der Waals surface area contributed by atoms with E-state index in [2.05, 4.69) is 0 Å². The van der Waals surface area contributed by atoms with E-state index < -0.39 is 0 Å². The van der Waals surface area contributed by atoms with Gasteiger partial charge in [0.25, 0.3) is 0 Å². The van der Waals surface area contributed by atoms with Crippen LogP contribution in [0.5, 0.6) is 0 Å². The van der Waals surface area contributed by atoms with Gasteiger partial charge in [0.1, 0.15) is 0 Å². The lowest BCUT2D eigenvalue weighted by Gasteiger charge is -2.12. The van der Waals surface area contributed by atoms with Crippen LogP contribution in [-0.2, 0) is 0 Å². The van der Waals surface area contributed by atoms with E-state index in [1.165, 1.54) is 0 Å². The van der Waals surface area contributed by atoms with Crippen molar-refractivity contribution in [2.45, 2.75) is 0 Å². The Balaban J connectivity index is 2.53. The zero-order valence-electron chi connectivity index (χ0n) is 9.00. The summed E-state index contributed by atoms with van der Waals surface area (Å²) in [6.45, 7) is 0. The van der Waals surface area contributed by atoms with E-state index in [9.17, 15) is 0 Å². The van der Waals surface area contributed by atoms with E-state index >= 15 is 0 Å². The van der Waals surface area contributed by atoms with Crippen molar-refractivity contribution in [2.24, 2.45) is 0 Å². The predicted molar refractivity (Wildman–Crippen MR) is 80.5 cm³/mol. The lowest BCUT2D eigenvalue weighted by atomic mass is 10.0. The first-order valence-electron chi connectivity index (χ1n) is 4.96. The molecule has 0 fully saturated rings. The van der Waals surface area contributed by atoms with Crippen molar-refractivity contribution in [2.75, 3.05) is 9.67 Å². The first kappa shape index (κ1) is 13.6. The van der Waals surface area contributed by atoms with Crippen LogP contribution in [-0.4, -0.2) is 0 Å². The van der Waals surface area contributed by atoms with Crippen LogP contribution in [0.4, 0.5) is 11.4 Å². The maximum absolute atomic E-state index is 6.21. The number of rotatable bonds is 2. The molecule has 0 atom stereocenters. The summed E-state index contributed by atoms with van der Waals surface area (Å²) in [4.78, 5) is 0. The Morgan fingerprint density at radius 3 is 2.00 bits per heavy atom. The van der Waals surface area contributed by atoms with Crippen LogP contribution < -0.4 is 9.67 Å². The molecular weight excluding hydrogens is 314 g/mol. The van der Waals surface area contributed by atoms with Crippen LogP contribution in [0, 0.1) is 0 Å². The second-order valence-electron chi connectivity index (χ2n) is 3.62. The van der Waals surface area contributed by atoms with Crippen molar-refractivity contribution in [3.63, 3.8) is 0 Å². The zero-order valence-corrected chi connectivity index (χ0v) is 12.0. The molecule has 2 aromatic rings. The molecule has 0 amide bonds. The number of nitrogens with zero attached hydrogens (tertiary/aromatic N) is 1. The Morgan fingerprint density at radius 2 is 1.44 bits per heavy atom. The van der Waals surface area contributed by atoms with Gasteiger partial charge in [0.2, 0.25) is 0 Å². The Kier molecular flexibility index (Phi) is 4.13. The quantitative estimate of drug-likeness (QED) is 0.596. The normalized spacial score (nSPS) is 10.4. The highest BCUT2D eigenvalue weighted by Crippen LogP contribution is 2.40. The molecule has 0 heterocycles. The van der Waals surface area contributed by atoms with Crippen LogP contribution in [0.3, 0.4) is 0 Å². The monoisotopic (exact) mass is 320 g/mol. The highest BCUT2D eigenvalue weighted by molar-refractivity contribution is 6.53. The van der Waals surface area contributed by atoms with Gasteiger partial charge < -0.3 is 5.73 Å². The van der Waals surface area contributed by atoms with E-state index in [4.69, 9.17) is 52.5 Å². The Labute approximate surface area is 125 Å². The molecule has 18 heavy (non-hydrogen) atoms. The highest BCUT2D eigenvalue weighted by atomic mass is 35.5. The maximum atomic E-state index is 6.21. The average molecular weight is 322 g/mol. The summed E-state index contributed by atoms with van der Waals surface area (Å²) < 4.78 is 0.876. The fourth-order valence-electron chi connectivity index (χ4n) is 1.56. The molecule has 94 valence electrons. The minimum atomic E-state index is 0.302. The Bertz CT molecular complexity index is 567. The van der Waals surface area contributed by atoms with Gasteiger partial charge in [-0.3, -0.25) is 0 Å². The maximum Gasteiger partial charge on any atom is 0.0911 e. The average Bonchev–Trinajstić information content (AvgIpc) is 2.33. The van der Waals surface area contributed by atoms with E-state index in [1.54, 1.807) is 24.3 Å². The number of hydrogen-bond acceptors (Lipinski definition) is 2. The molecule has 0 radical (unpaired) electrons. The molecule has 0 spiro atoms. The van der Waals surface area contributed by atoms with Gasteiger partial charge in [-0.1, -0.05) is 41.4 Å². The first-order valence-corrected chi connectivity index (χ1v) is 6.39. The lowest BCUT2D eigenvalue weighted by molar-refractivity contribution is 1.55. The van der Waals surface area contributed by atoms with Crippen LogP contribution in [0.2, 0.25) is 10.0 Å². The first-order chi connectivity index (χ1) is 8.50. The van der Waals surface area contributed by atoms with Gasteiger partial charge in [-0.25, -0.2) is 0 Å². The summed E-state index contributed by atoms with van der Waals surface area (Å²) in [5, 5.41) is 0.696. The van der Waals surface area contributed by atoms with E-state index in [0.29, 0.717) is 21.4 Å². The van der Waals surface area contributed by atoms with Crippen molar-refractivity contribution in [3.05, 3.63) is 46.4 Å². The second-order valence-corrected chi connectivity index (χ2v) is 5.22. The van der Waals surface area contributed by atoms with Gasteiger partial charge in [0, 0.05) is 34.8 Å². The third-order valence-electron chi connectivity index (χ3n) is 2.47. The molecule has 0 aliphatic rings. The van der Waals surface area contributed by atoms with Gasteiger partial charge in [0.15, 0.2) is 0 Å². The number of benzene rings is 2. The minimum absolute atomic E-state index is 0.302. The number of nitrogens with two attached hydrogens (primary N) is 1. The summed E-state index contributed by atoms with van der Waals surface area (Å²) in [6.07, 6.45) is 0. The summed E-state index contributed by atoms with van der Waals surface area (Å²) in [7, 11) is 0. The molecule has 2 N–H and O–H groups in total. The van der Waals surface area contributed by atoms with Crippen LogP contribution in [0.1, 0.15) is 0 Å². The van der Waals surface area contributed by atoms with Crippen molar-refractivity contribution in [1.29, 1.82) is 0 Å². The van der Waals surface area contributed by atoms with E-state index in [0.717, 1.165) is 15.1 Å². The highest BCUT2D eigenvalue weighted by Gasteiger charge is 2.14. The summed E-state index contributed by atoms with van der Waals surface area (Å²) in [6, 6.07) is 10.8. The van der Waals surface area contributed by atoms with Crippen molar-refractivity contribution in [3.8, 4) is 11.1 Å². The fourth-order valence-corrected chi connectivity index (χ4v) is 2.44. The smallest absolute Gasteiger partial charge is 0.0911 e. The van der Waals surface area contributed by atoms with Crippen molar-refractivity contribution in [1.82, 2.24) is 0 Å². The van der Waals surface area contributed by atoms with E-state index in [1.807, 2.05) is 12.1 Å². The lowest BCUT2D eigenvalue weighted by Crippen LogP contribution is -1.94. The molecule has 0 bridgehead atoms. The van der Waals surface area contributed by atoms with Gasteiger partial charge >= 0.3 is 0 Å². The topological polar surface area (TPSA) is 29.3 Å². The zero-order chi connectivity index (χ0) is 13.3. The number of hydrogen-bond donors (Lipinski definition) is 1. The molecule has 0 unspecified atom stereocenters. The number of halogens is 4. The number of anilines is 2. The summed E-state index contributed by atoms with van der Waals surface area (Å²) >= 11 is 23.6. The predicted octanol–water partition coefficient (Wildman–Crippen LogP) is 5.36. The van der Waals surface area contributed by atoms with E-state index in [-0.39, 0.29) is 0 Å². The number of nitrogen functional groups attached to an aromatic ring is 1. The molecule has 0 saturated carbocycles. The van der Waals surface area contributed by atoms with Gasteiger partial charge in [-0.05, 0) is 23.8 Å². The SMILES string of the molecule is Nc1ccc(-c2ccc(N(Cl)Cl)c(Cl)c2Cl)cc1.